The molecule has 0 aliphatic carbocycles. The molecule has 2 aromatic heterocycles. The topological polar surface area (TPSA) is 66.0 Å². The monoisotopic (exact) mass is 268 g/mol. The summed E-state index contributed by atoms with van der Waals surface area (Å²) in [5.41, 5.74) is 7.22. The van der Waals surface area contributed by atoms with E-state index >= 15 is 0 Å². The van der Waals surface area contributed by atoms with E-state index < -0.39 is 13.0 Å². The molecule has 0 fully saturated rings. The van der Waals surface area contributed by atoms with E-state index in [4.69, 9.17) is 10.5 Å². The predicted octanol–water partition coefficient (Wildman–Crippen LogP) is 1.81. The van der Waals surface area contributed by atoms with Gasteiger partial charge in [0.1, 0.15) is 12.4 Å². The molecule has 102 valence electrons. The molecule has 0 spiro atoms. The number of nitrogen functional groups attached to an aromatic ring is 1. The first kappa shape index (κ1) is 13.4. The maximum Gasteiger partial charge on any atom is 0.261 e. The van der Waals surface area contributed by atoms with Crippen LogP contribution in [0.25, 0.3) is 11.3 Å². The Hall–Kier alpha value is -2.02. The first-order valence-electron chi connectivity index (χ1n) is 5.74. The maximum atomic E-state index is 11.9. The normalized spacial score (nSPS) is 11.1. The summed E-state index contributed by atoms with van der Waals surface area (Å²) in [6.45, 7) is 0.107. The molecule has 7 heteroatoms. The molecule has 0 saturated heterocycles. The number of ether oxygens (including phenoxy) is 1. The van der Waals surface area contributed by atoms with Crippen molar-refractivity contribution in [2.75, 3.05) is 18.9 Å². The molecule has 0 atom stereocenters. The lowest BCUT2D eigenvalue weighted by Gasteiger charge is -2.08. The van der Waals surface area contributed by atoms with E-state index in [1.807, 2.05) is 10.6 Å². The summed E-state index contributed by atoms with van der Waals surface area (Å²) in [5, 5.41) is 0. The standard InChI is InChI=1S/C12H14F2N4O/c13-11(14)7-19-4-3-18-8-16-6-10(18)9-1-2-12(15)17-5-9/h1-2,5-6,8,11H,3-4,7H2,(H2,15,17). The van der Waals surface area contributed by atoms with Gasteiger partial charge in [-0.05, 0) is 12.1 Å². The fourth-order valence-electron chi connectivity index (χ4n) is 1.63. The number of halogens is 2. The minimum Gasteiger partial charge on any atom is -0.384 e. The van der Waals surface area contributed by atoms with Gasteiger partial charge in [-0.25, -0.2) is 18.7 Å². The molecule has 0 aliphatic heterocycles. The van der Waals surface area contributed by atoms with Gasteiger partial charge >= 0.3 is 0 Å². The Bertz CT molecular complexity index is 513. The van der Waals surface area contributed by atoms with Crippen molar-refractivity contribution < 1.29 is 13.5 Å². The van der Waals surface area contributed by atoms with Crippen molar-refractivity contribution in [1.29, 1.82) is 0 Å². The zero-order valence-electron chi connectivity index (χ0n) is 10.2. The molecule has 19 heavy (non-hydrogen) atoms. The molecule has 0 aromatic carbocycles. The van der Waals surface area contributed by atoms with Gasteiger partial charge in [0.2, 0.25) is 0 Å². The number of nitrogens with zero attached hydrogens (tertiary/aromatic N) is 3. The third kappa shape index (κ3) is 3.72. The molecule has 0 aliphatic rings. The number of alkyl halides is 2. The van der Waals surface area contributed by atoms with Gasteiger partial charge in [-0.15, -0.1) is 0 Å². The minimum atomic E-state index is -2.44. The van der Waals surface area contributed by atoms with Crippen LogP contribution in [0.4, 0.5) is 14.6 Å². The fraction of sp³-hybridized carbons (Fsp3) is 0.333. The Labute approximate surface area is 109 Å². The molecule has 0 bridgehead atoms. The van der Waals surface area contributed by atoms with Gasteiger partial charge in [0, 0.05) is 18.3 Å². The third-order valence-electron chi connectivity index (χ3n) is 2.51. The predicted molar refractivity (Wildman–Crippen MR) is 66.7 cm³/mol. The van der Waals surface area contributed by atoms with E-state index in [0.29, 0.717) is 12.4 Å². The van der Waals surface area contributed by atoms with Crippen molar-refractivity contribution in [3.05, 3.63) is 30.9 Å². The molecular weight excluding hydrogens is 254 g/mol. The van der Waals surface area contributed by atoms with Crippen molar-refractivity contribution >= 4 is 5.82 Å². The Kier molecular flexibility index (Phi) is 4.40. The van der Waals surface area contributed by atoms with E-state index in [0.717, 1.165) is 11.3 Å². The van der Waals surface area contributed by atoms with Crippen molar-refractivity contribution in [3.63, 3.8) is 0 Å². The van der Waals surface area contributed by atoms with Gasteiger partial charge in [0.15, 0.2) is 0 Å². The lowest BCUT2D eigenvalue weighted by atomic mass is 10.2. The van der Waals surface area contributed by atoms with Gasteiger partial charge in [-0.2, -0.15) is 0 Å². The first-order valence-corrected chi connectivity index (χ1v) is 5.74. The molecule has 0 radical (unpaired) electrons. The number of anilines is 1. The molecular formula is C12H14F2N4O. The average Bonchev–Trinajstić information content (AvgIpc) is 2.84. The van der Waals surface area contributed by atoms with E-state index in [-0.39, 0.29) is 6.61 Å². The van der Waals surface area contributed by atoms with Crippen LogP contribution in [0.5, 0.6) is 0 Å². The quantitative estimate of drug-likeness (QED) is 0.811. The van der Waals surface area contributed by atoms with Crippen LogP contribution in [-0.4, -0.2) is 34.2 Å². The van der Waals surface area contributed by atoms with Crippen LogP contribution in [0.1, 0.15) is 0 Å². The summed E-state index contributed by atoms with van der Waals surface area (Å²) >= 11 is 0. The highest BCUT2D eigenvalue weighted by Gasteiger charge is 2.06. The average molecular weight is 268 g/mol. The Morgan fingerprint density at radius 1 is 1.32 bits per heavy atom. The Morgan fingerprint density at radius 2 is 2.16 bits per heavy atom. The maximum absolute atomic E-state index is 11.9. The van der Waals surface area contributed by atoms with Crippen LogP contribution < -0.4 is 5.73 Å². The van der Waals surface area contributed by atoms with Crippen molar-refractivity contribution in [3.8, 4) is 11.3 Å². The van der Waals surface area contributed by atoms with Crippen LogP contribution in [0.15, 0.2) is 30.9 Å². The van der Waals surface area contributed by atoms with Crippen molar-refractivity contribution in [2.45, 2.75) is 13.0 Å². The molecule has 2 heterocycles. The van der Waals surface area contributed by atoms with Gasteiger partial charge < -0.3 is 15.0 Å². The molecule has 2 aromatic rings. The van der Waals surface area contributed by atoms with Gasteiger partial charge in [0.05, 0.1) is 24.8 Å². The highest BCUT2D eigenvalue weighted by molar-refractivity contribution is 5.59. The number of aromatic nitrogens is 3. The number of imidazole rings is 1. The molecule has 2 rings (SSSR count). The second kappa shape index (κ2) is 6.24. The lowest BCUT2D eigenvalue weighted by molar-refractivity contribution is 0.0148. The summed E-state index contributed by atoms with van der Waals surface area (Å²) in [6, 6.07) is 3.52. The molecule has 0 amide bonds. The van der Waals surface area contributed by atoms with Crippen LogP contribution in [-0.2, 0) is 11.3 Å². The first-order chi connectivity index (χ1) is 9.16. The Morgan fingerprint density at radius 3 is 2.84 bits per heavy atom. The molecule has 2 N–H and O–H groups in total. The number of pyridine rings is 1. The summed E-state index contributed by atoms with van der Waals surface area (Å²) < 4.78 is 30.5. The zero-order valence-corrected chi connectivity index (χ0v) is 10.2. The highest BCUT2D eigenvalue weighted by Crippen LogP contribution is 2.18. The van der Waals surface area contributed by atoms with E-state index in [9.17, 15) is 8.78 Å². The number of hydrogen-bond acceptors (Lipinski definition) is 4. The molecule has 0 unspecified atom stereocenters. The largest absolute Gasteiger partial charge is 0.384 e. The summed E-state index contributed by atoms with van der Waals surface area (Å²) in [5.74, 6) is 0.440. The van der Waals surface area contributed by atoms with E-state index in [1.165, 1.54) is 0 Å². The summed E-state index contributed by atoms with van der Waals surface area (Å²) in [4.78, 5) is 8.04. The van der Waals surface area contributed by atoms with Gasteiger partial charge in [0.25, 0.3) is 6.43 Å². The van der Waals surface area contributed by atoms with Gasteiger partial charge in [-0.1, -0.05) is 0 Å². The van der Waals surface area contributed by atoms with Crippen LogP contribution in [0.2, 0.25) is 0 Å². The second-order valence-electron chi connectivity index (χ2n) is 3.91. The van der Waals surface area contributed by atoms with Crippen LogP contribution >= 0.6 is 0 Å². The zero-order chi connectivity index (χ0) is 13.7. The van der Waals surface area contributed by atoms with Crippen molar-refractivity contribution in [1.82, 2.24) is 14.5 Å². The number of hydrogen-bond donors (Lipinski definition) is 1. The van der Waals surface area contributed by atoms with Crippen LogP contribution in [0.3, 0.4) is 0 Å². The van der Waals surface area contributed by atoms with E-state index in [2.05, 4.69) is 9.97 Å². The second-order valence-corrected chi connectivity index (χ2v) is 3.91. The SMILES string of the molecule is Nc1ccc(-c2cncn2CCOCC(F)F)cn1. The summed E-state index contributed by atoms with van der Waals surface area (Å²) in [7, 11) is 0. The minimum absolute atomic E-state index is 0.204. The number of rotatable bonds is 6. The van der Waals surface area contributed by atoms with Crippen LogP contribution in [0, 0.1) is 0 Å². The third-order valence-corrected chi connectivity index (χ3v) is 2.51. The Balaban J connectivity index is 1.99. The summed E-state index contributed by atoms with van der Waals surface area (Å²) in [6.07, 6.45) is 2.50. The smallest absolute Gasteiger partial charge is 0.261 e. The molecule has 5 nitrogen and oxygen atoms in total. The molecule has 0 saturated carbocycles. The highest BCUT2D eigenvalue weighted by atomic mass is 19.3. The number of nitrogens with two attached hydrogens (primary N) is 1. The lowest BCUT2D eigenvalue weighted by Crippen LogP contribution is -2.10. The fourth-order valence-corrected chi connectivity index (χ4v) is 1.63. The van der Waals surface area contributed by atoms with E-state index in [1.54, 1.807) is 24.8 Å². The van der Waals surface area contributed by atoms with Crippen molar-refractivity contribution in [2.24, 2.45) is 0 Å². The van der Waals surface area contributed by atoms with Gasteiger partial charge in [-0.3, -0.25) is 0 Å².